The third-order valence-corrected chi connectivity index (χ3v) is 4.72. The minimum absolute atomic E-state index is 0.722. The van der Waals surface area contributed by atoms with E-state index >= 15 is 0 Å². The summed E-state index contributed by atoms with van der Waals surface area (Å²) in [5.41, 5.74) is 1.00. The molecule has 90 valence electrons. The molecule has 0 N–H and O–H groups in total. The Labute approximate surface area is 111 Å². The first-order valence-electron chi connectivity index (χ1n) is 6.06. The fourth-order valence-corrected chi connectivity index (χ4v) is 3.79. The molecule has 2 nitrogen and oxygen atoms in total. The number of nitrogens with zero attached hydrogens (tertiary/aromatic N) is 2. The number of amidine groups is 1. The lowest BCUT2D eigenvalue weighted by Crippen LogP contribution is -2.37. The van der Waals surface area contributed by atoms with Crippen LogP contribution in [-0.2, 0) is 0 Å². The number of benzene rings is 1. The van der Waals surface area contributed by atoms with E-state index in [1.165, 1.54) is 36.7 Å². The summed E-state index contributed by atoms with van der Waals surface area (Å²) in [5, 5.41) is 1.96. The highest BCUT2D eigenvalue weighted by molar-refractivity contribution is 8.14. The Bertz CT molecular complexity index is 430. The molecule has 2 heterocycles. The molecule has 17 heavy (non-hydrogen) atoms. The van der Waals surface area contributed by atoms with Gasteiger partial charge in [0, 0.05) is 23.4 Å². The molecule has 0 unspecified atom stereocenters. The van der Waals surface area contributed by atoms with Crippen LogP contribution >= 0.6 is 23.4 Å². The molecular weight excluding hydrogens is 252 g/mol. The molecule has 0 spiro atoms. The third-order valence-electron chi connectivity index (χ3n) is 3.33. The van der Waals surface area contributed by atoms with Crippen LogP contribution in [-0.4, -0.2) is 28.4 Å². The Morgan fingerprint density at radius 1 is 1.24 bits per heavy atom. The van der Waals surface area contributed by atoms with Crippen LogP contribution in [0.2, 0.25) is 5.02 Å². The van der Waals surface area contributed by atoms with E-state index in [2.05, 4.69) is 4.90 Å². The number of aliphatic imine (C=N–C) groups is 1. The lowest BCUT2D eigenvalue weighted by molar-refractivity contribution is 0.275. The van der Waals surface area contributed by atoms with Gasteiger partial charge in [-0.05, 0) is 43.5 Å². The van der Waals surface area contributed by atoms with Crippen molar-refractivity contribution in [3.8, 4) is 0 Å². The SMILES string of the molecule is Clc1ccc(N=C2SC[C@@H]3CCCCN23)cc1. The summed E-state index contributed by atoms with van der Waals surface area (Å²) in [6.45, 7) is 1.17. The van der Waals surface area contributed by atoms with Gasteiger partial charge in [-0.2, -0.15) is 0 Å². The van der Waals surface area contributed by atoms with Gasteiger partial charge in [0.1, 0.15) is 0 Å². The lowest BCUT2D eigenvalue weighted by atomic mass is 10.1. The number of rotatable bonds is 1. The summed E-state index contributed by atoms with van der Waals surface area (Å²) in [5.74, 6) is 1.20. The average Bonchev–Trinajstić information content (AvgIpc) is 2.76. The predicted octanol–water partition coefficient (Wildman–Crippen LogP) is 3.93. The molecule has 0 aromatic heterocycles. The van der Waals surface area contributed by atoms with E-state index in [0.29, 0.717) is 0 Å². The normalized spacial score (nSPS) is 26.3. The fourth-order valence-electron chi connectivity index (χ4n) is 2.40. The molecule has 0 aliphatic carbocycles. The quantitative estimate of drug-likeness (QED) is 0.765. The van der Waals surface area contributed by atoms with Crippen LogP contribution in [0.15, 0.2) is 29.3 Å². The summed E-state index contributed by atoms with van der Waals surface area (Å²) in [6.07, 6.45) is 4.00. The largest absolute Gasteiger partial charge is 0.347 e. The van der Waals surface area contributed by atoms with Crippen LogP contribution in [0, 0.1) is 0 Å². The number of fused-ring (bicyclic) bond motifs is 1. The van der Waals surface area contributed by atoms with Crippen LogP contribution in [0.4, 0.5) is 5.69 Å². The summed E-state index contributed by atoms with van der Waals surface area (Å²) in [6, 6.07) is 8.47. The Hall–Kier alpha value is -0.670. The van der Waals surface area contributed by atoms with E-state index in [1.54, 1.807) is 0 Å². The molecule has 1 aromatic carbocycles. The Morgan fingerprint density at radius 3 is 2.88 bits per heavy atom. The van der Waals surface area contributed by atoms with E-state index in [0.717, 1.165) is 16.8 Å². The third kappa shape index (κ3) is 2.45. The molecule has 4 heteroatoms. The first-order chi connectivity index (χ1) is 8.33. The maximum absolute atomic E-state index is 5.87. The number of hydrogen-bond acceptors (Lipinski definition) is 2. The highest BCUT2D eigenvalue weighted by atomic mass is 35.5. The van der Waals surface area contributed by atoms with Crippen molar-refractivity contribution in [3.63, 3.8) is 0 Å². The molecule has 0 amide bonds. The van der Waals surface area contributed by atoms with Gasteiger partial charge in [0.2, 0.25) is 0 Å². The van der Waals surface area contributed by atoms with Crippen molar-refractivity contribution in [2.75, 3.05) is 12.3 Å². The second-order valence-electron chi connectivity index (χ2n) is 4.52. The molecular formula is C13H15ClN2S. The molecule has 0 radical (unpaired) electrons. The van der Waals surface area contributed by atoms with Crippen molar-refractivity contribution in [1.29, 1.82) is 0 Å². The topological polar surface area (TPSA) is 15.6 Å². The maximum atomic E-state index is 5.87. The van der Waals surface area contributed by atoms with Crippen molar-refractivity contribution in [1.82, 2.24) is 4.90 Å². The van der Waals surface area contributed by atoms with E-state index < -0.39 is 0 Å². The first kappa shape index (κ1) is 11.4. The second kappa shape index (κ2) is 4.91. The highest BCUT2D eigenvalue weighted by Crippen LogP contribution is 2.32. The molecule has 1 aromatic rings. The van der Waals surface area contributed by atoms with Gasteiger partial charge >= 0.3 is 0 Å². The number of hydrogen-bond donors (Lipinski definition) is 0. The zero-order valence-corrected chi connectivity index (χ0v) is 11.2. The number of thioether (sulfide) groups is 1. The molecule has 2 saturated heterocycles. The number of piperidine rings is 1. The fraction of sp³-hybridized carbons (Fsp3) is 0.462. The van der Waals surface area contributed by atoms with Gasteiger partial charge < -0.3 is 4.90 Å². The summed E-state index contributed by atoms with van der Waals surface area (Å²) in [4.78, 5) is 7.21. The summed E-state index contributed by atoms with van der Waals surface area (Å²) < 4.78 is 0. The lowest BCUT2D eigenvalue weighted by Gasteiger charge is -2.30. The Balaban J connectivity index is 1.81. The molecule has 2 aliphatic heterocycles. The molecule has 0 bridgehead atoms. The minimum atomic E-state index is 0.722. The zero-order chi connectivity index (χ0) is 11.7. The maximum Gasteiger partial charge on any atom is 0.164 e. The Morgan fingerprint density at radius 2 is 2.06 bits per heavy atom. The van der Waals surface area contributed by atoms with Crippen LogP contribution in [0.1, 0.15) is 19.3 Å². The monoisotopic (exact) mass is 266 g/mol. The van der Waals surface area contributed by atoms with Gasteiger partial charge in [0.25, 0.3) is 0 Å². The molecule has 1 atom stereocenters. The molecule has 0 saturated carbocycles. The van der Waals surface area contributed by atoms with Crippen molar-refractivity contribution in [3.05, 3.63) is 29.3 Å². The number of halogens is 1. The smallest absolute Gasteiger partial charge is 0.164 e. The van der Waals surface area contributed by atoms with E-state index in [-0.39, 0.29) is 0 Å². The Kier molecular flexibility index (Phi) is 3.30. The van der Waals surface area contributed by atoms with Crippen molar-refractivity contribution >= 4 is 34.2 Å². The van der Waals surface area contributed by atoms with E-state index in [4.69, 9.17) is 16.6 Å². The van der Waals surface area contributed by atoms with Crippen molar-refractivity contribution in [2.24, 2.45) is 4.99 Å². The molecule has 2 fully saturated rings. The van der Waals surface area contributed by atoms with Crippen LogP contribution in [0.3, 0.4) is 0 Å². The van der Waals surface area contributed by atoms with E-state index in [9.17, 15) is 0 Å². The molecule has 2 aliphatic rings. The predicted molar refractivity (Wildman–Crippen MR) is 75.4 cm³/mol. The van der Waals surface area contributed by atoms with Gasteiger partial charge in [0.05, 0.1) is 5.69 Å². The van der Waals surface area contributed by atoms with E-state index in [1.807, 2.05) is 36.0 Å². The molecule has 3 rings (SSSR count). The van der Waals surface area contributed by atoms with Crippen molar-refractivity contribution in [2.45, 2.75) is 25.3 Å². The zero-order valence-electron chi connectivity index (χ0n) is 9.60. The minimum Gasteiger partial charge on any atom is -0.347 e. The average molecular weight is 267 g/mol. The van der Waals surface area contributed by atoms with Crippen LogP contribution < -0.4 is 0 Å². The van der Waals surface area contributed by atoms with Crippen LogP contribution in [0.25, 0.3) is 0 Å². The second-order valence-corrected chi connectivity index (χ2v) is 5.95. The van der Waals surface area contributed by atoms with Gasteiger partial charge in [-0.1, -0.05) is 23.4 Å². The van der Waals surface area contributed by atoms with Gasteiger partial charge in [-0.25, -0.2) is 4.99 Å². The van der Waals surface area contributed by atoms with Crippen molar-refractivity contribution < 1.29 is 0 Å². The van der Waals surface area contributed by atoms with Gasteiger partial charge in [-0.3, -0.25) is 0 Å². The summed E-state index contributed by atoms with van der Waals surface area (Å²) >= 11 is 7.76. The van der Waals surface area contributed by atoms with Gasteiger partial charge in [-0.15, -0.1) is 0 Å². The first-order valence-corrected chi connectivity index (χ1v) is 7.43. The summed E-state index contributed by atoms with van der Waals surface area (Å²) in [7, 11) is 0. The van der Waals surface area contributed by atoms with Gasteiger partial charge in [0.15, 0.2) is 5.17 Å². The van der Waals surface area contributed by atoms with Crippen LogP contribution in [0.5, 0.6) is 0 Å². The highest BCUT2D eigenvalue weighted by Gasteiger charge is 2.31. The standard InChI is InChI=1S/C13H15ClN2S/c14-10-4-6-11(7-5-10)15-13-16-8-2-1-3-12(16)9-17-13/h4-7,12H,1-3,8-9H2/t12-/m0/s1.